The van der Waals surface area contributed by atoms with Crippen LogP contribution in [0.15, 0.2) is 59.7 Å². The molecule has 0 radical (unpaired) electrons. The van der Waals surface area contributed by atoms with Crippen LogP contribution in [-0.2, 0) is 20.8 Å². The number of likely N-dealkylation sites (tertiary alicyclic amines) is 1. The molecule has 6 heterocycles. The van der Waals surface area contributed by atoms with Crippen LogP contribution in [0.25, 0.3) is 31.4 Å². The number of amidine groups is 1. The van der Waals surface area contributed by atoms with Crippen LogP contribution in [-0.4, -0.2) is 78.6 Å². The number of fused-ring (bicyclic) bond motifs is 6. The molecule has 9 rings (SSSR count). The Morgan fingerprint density at radius 3 is 2.49 bits per heavy atom. The molecule has 1 aliphatic carbocycles. The summed E-state index contributed by atoms with van der Waals surface area (Å²) in [5.74, 6) is -2.60. The maximum absolute atomic E-state index is 15.2. The van der Waals surface area contributed by atoms with E-state index in [9.17, 15) is 18.8 Å². The first-order chi connectivity index (χ1) is 27.3. The third kappa shape index (κ3) is 8.17. The van der Waals surface area contributed by atoms with Crippen molar-refractivity contribution in [1.29, 1.82) is 5.26 Å². The molecule has 2 bridgehead atoms. The number of nitrogens with zero attached hydrogens (tertiary/aromatic N) is 4. The van der Waals surface area contributed by atoms with E-state index < -0.39 is 35.7 Å². The standard InChI is InChI=1S/C30H30FN7O3S2.C11H12F2O/c1-30(2,3)41-29(39)37-26-18(11-32)20-16(7-8-19(31)24(20)43-26)22-23-17(9-10-33-22)21-25(35-28(40-4)36-27(21)42-23)38-12-14-5-6-15(13-38)34-14;12-11(13)6-10(11)8-14-7-9-4-2-1-3-5-9/h7-10,14-15,28,34,36H,5-6,12-13H2,1-4H3,(H,37,39);1-5,10H,6-8H2. The monoisotopic (exact) mass is 817 g/mol. The topological polar surface area (TPSA) is 133 Å². The number of alkyl halides is 2. The van der Waals surface area contributed by atoms with Crippen LogP contribution in [0, 0.1) is 23.1 Å². The molecule has 2 saturated heterocycles. The number of benzene rings is 2. The maximum Gasteiger partial charge on any atom is 0.412 e. The van der Waals surface area contributed by atoms with Crippen LogP contribution in [0.5, 0.6) is 0 Å². The van der Waals surface area contributed by atoms with Crippen molar-refractivity contribution in [3.8, 4) is 17.3 Å². The largest absolute Gasteiger partial charge is 0.444 e. The lowest BCUT2D eigenvalue weighted by Gasteiger charge is -2.37. The van der Waals surface area contributed by atoms with E-state index in [1.54, 1.807) is 40.1 Å². The minimum Gasteiger partial charge on any atom is -0.444 e. The predicted octanol–water partition coefficient (Wildman–Crippen LogP) is 8.93. The fraction of sp³-hybridized carbons (Fsp3) is 0.415. The molecule has 4 aliphatic rings. The lowest BCUT2D eigenvalue weighted by atomic mass is 10.0. The van der Waals surface area contributed by atoms with Crippen molar-refractivity contribution in [3.05, 3.63) is 77.2 Å². The number of ether oxygens (including phenoxy) is 3. The van der Waals surface area contributed by atoms with E-state index in [0.29, 0.717) is 35.3 Å². The number of thiophene rings is 2. The second-order valence-electron chi connectivity index (χ2n) is 15.6. The smallest absolute Gasteiger partial charge is 0.412 e. The molecule has 4 atom stereocenters. The maximum atomic E-state index is 15.2. The van der Waals surface area contributed by atoms with Crippen LogP contribution < -0.4 is 16.0 Å². The Balaban J connectivity index is 0.000000274. The number of nitriles is 1. The lowest BCUT2D eigenvalue weighted by molar-refractivity contribution is 0.0490. The van der Waals surface area contributed by atoms with Gasteiger partial charge in [-0.2, -0.15) is 5.26 Å². The third-order valence-electron chi connectivity index (χ3n) is 10.2. The van der Waals surface area contributed by atoms with Crippen LogP contribution in [0.3, 0.4) is 0 Å². The van der Waals surface area contributed by atoms with Crippen molar-refractivity contribution < 1.29 is 32.2 Å². The van der Waals surface area contributed by atoms with Crippen molar-refractivity contribution in [2.24, 2.45) is 10.9 Å². The number of hydrogen-bond acceptors (Lipinski definition) is 12. The molecular formula is C41H42F3N7O4S2. The minimum absolute atomic E-state index is 0.0121. The number of nitrogens with one attached hydrogen (secondary N) is 3. The quantitative estimate of drug-likeness (QED) is 0.147. The predicted molar refractivity (Wildman–Crippen MR) is 217 cm³/mol. The minimum atomic E-state index is -2.46. The van der Waals surface area contributed by atoms with Gasteiger partial charge in [-0.15, -0.1) is 22.7 Å². The summed E-state index contributed by atoms with van der Waals surface area (Å²) in [5.41, 5.74) is 2.68. The number of aliphatic imine (C=N–C) groups is 1. The highest BCUT2D eigenvalue weighted by Gasteiger charge is 2.56. The first kappa shape index (κ1) is 39.1. The van der Waals surface area contributed by atoms with Crippen LogP contribution >= 0.6 is 22.7 Å². The van der Waals surface area contributed by atoms with Gasteiger partial charge in [0.2, 0.25) is 6.35 Å². The Morgan fingerprint density at radius 1 is 1.09 bits per heavy atom. The van der Waals surface area contributed by atoms with E-state index in [1.807, 2.05) is 36.4 Å². The van der Waals surface area contributed by atoms with Gasteiger partial charge < -0.3 is 29.7 Å². The molecular weight excluding hydrogens is 776 g/mol. The molecule has 3 aromatic heterocycles. The Labute approximate surface area is 335 Å². The Hall–Kier alpha value is -4.79. The molecule has 0 spiro atoms. The molecule has 3 N–H and O–H groups in total. The fourth-order valence-corrected chi connectivity index (χ4v) is 9.76. The number of carbonyl (C=O) groups excluding carboxylic acids is 1. The number of rotatable bonds is 7. The molecule has 5 aromatic rings. The van der Waals surface area contributed by atoms with Crippen LogP contribution in [0.1, 0.15) is 56.7 Å². The Morgan fingerprint density at radius 2 is 1.82 bits per heavy atom. The Kier molecular flexibility index (Phi) is 10.6. The normalized spacial score (nSPS) is 21.9. The van der Waals surface area contributed by atoms with Gasteiger partial charge in [-0.05, 0) is 57.4 Å². The van der Waals surface area contributed by atoms with E-state index in [2.05, 4.69) is 26.9 Å². The lowest BCUT2D eigenvalue weighted by Crippen LogP contribution is -2.54. The molecule has 16 heteroatoms. The molecule has 1 saturated carbocycles. The van der Waals surface area contributed by atoms with Crippen molar-refractivity contribution >= 4 is 64.8 Å². The number of anilines is 2. The molecule has 57 heavy (non-hydrogen) atoms. The molecule has 1 amide bonds. The van der Waals surface area contributed by atoms with Gasteiger partial charge in [0, 0.05) is 61.2 Å². The highest BCUT2D eigenvalue weighted by atomic mass is 32.1. The molecule has 2 aromatic carbocycles. The van der Waals surface area contributed by atoms with Gasteiger partial charge in [-0.25, -0.2) is 23.0 Å². The number of methoxy groups -OCH3 is 1. The van der Waals surface area contributed by atoms with Gasteiger partial charge >= 0.3 is 6.09 Å². The summed E-state index contributed by atoms with van der Waals surface area (Å²) in [6, 6.07) is 17.6. The molecule has 3 aliphatic heterocycles. The highest BCUT2D eigenvalue weighted by Crippen LogP contribution is 2.49. The number of hydrogen-bond donors (Lipinski definition) is 3. The van der Waals surface area contributed by atoms with Crippen molar-refractivity contribution in [2.75, 3.05) is 37.4 Å². The number of aromatic nitrogens is 1. The van der Waals surface area contributed by atoms with Crippen molar-refractivity contribution in [3.63, 3.8) is 0 Å². The van der Waals surface area contributed by atoms with E-state index in [0.717, 1.165) is 69.3 Å². The van der Waals surface area contributed by atoms with E-state index in [4.69, 9.17) is 24.2 Å². The van der Waals surface area contributed by atoms with E-state index in [-0.39, 0.29) is 28.3 Å². The van der Waals surface area contributed by atoms with E-state index in [1.165, 1.54) is 17.4 Å². The van der Waals surface area contributed by atoms with Gasteiger partial charge in [-0.3, -0.25) is 10.3 Å². The van der Waals surface area contributed by atoms with Gasteiger partial charge in [-0.1, -0.05) is 30.3 Å². The van der Waals surface area contributed by atoms with Crippen molar-refractivity contribution in [2.45, 2.75) is 76.6 Å². The highest BCUT2D eigenvalue weighted by molar-refractivity contribution is 7.24. The summed E-state index contributed by atoms with van der Waals surface area (Å²) >= 11 is 2.54. The summed E-state index contributed by atoms with van der Waals surface area (Å²) in [4.78, 5) is 24.6. The fourth-order valence-electron chi connectivity index (χ4n) is 7.48. The van der Waals surface area contributed by atoms with Gasteiger partial charge in [0.1, 0.15) is 33.3 Å². The first-order valence-corrected chi connectivity index (χ1v) is 20.4. The SMILES string of the molecule is COC1N=C(N2CC3CCC(C2)N3)c2c(sc3c(-c4ccc(F)c5sc(NC(=O)OC(C)(C)C)c(C#N)c45)nccc23)N1.FC1(F)CC1COCc1ccccc1. The number of amides is 1. The summed E-state index contributed by atoms with van der Waals surface area (Å²) in [5, 5.41) is 22.5. The summed E-state index contributed by atoms with van der Waals surface area (Å²) in [6.45, 7) is 7.58. The number of piperazine rings is 1. The zero-order chi connectivity index (χ0) is 40.1. The van der Waals surface area contributed by atoms with Gasteiger partial charge in [0.25, 0.3) is 5.92 Å². The summed E-state index contributed by atoms with van der Waals surface area (Å²) < 4.78 is 57.5. The second-order valence-corrected chi connectivity index (χ2v) is 17.6. The van der Waals surface area contributed by atoms with Crippen molar-refractivity contribution in [1.82, 2.24) is 15.2 Å². The number of carbonyl (C=O) groups is 1. The Bertz CT molecular complexity index is 2380. The molecule has 11 nitrogen and oxygen atoms in total. The molecule has 4 unspecified atom stereocenters. The van der Waals surface area contributed by atoms with Gasteiger partial charge in [0.15, 0.2) is 0 Å². The van der Waals surface area contributed by atoms with E-state index >= 15 is 4.39 Å². The number of pyridine rings is 1. The average molecular weight is 818 g/mol. The van der Waals surface area contributed by atoms with Gasteiger partial charge in [0.05, 0.1) is 45.4 Å². The van der Waals surface area contributed by atoms with Crippen LogP contribution in [0.4, 0.5) is 28.0 Å². The molecule has 3 fully saturated rings. The van der Waals surface area contributed by atoms with Crippen LogP contribution in [0.2, 0.25) is 0 Å². The summed E-state index contributed by atoms with van der Waals surface area (Å²) in [7, 11) is 1.63. The molecule has 298 valence electrons. The second kappa shape index (κ2) is 15.5. The zero-order valence-corrected chi connectivity index (χ0v) is 33.5. The third-order valence-corrected chi connectivity index (χ3v) is 12.5. The average Bonchev–Trinajstić information content (AvgIpc) is 3.48. The zero-order valence-electron chi connectivity index (χ0n) is 31.8. The number of halogens is 3. The summed E-state index contributed by atoms with van der Waals surface area (Å²) in [6.07, 6.45) is 2.79. The first-order valence-electron chi connectivity index (χ1n) is 18.8.